The van der Waals surface area contributed by atoms with Crippen LogP contribution >= 0.6 is 0 Å². The van der Waals surface area contributed by atoms with Crippen LogP contribution in [0.4, 0.5) is 0 Å². The summed E-state index contributed by atoms with van der Waals surface area (Å²) in [6.45, 7) is 1.22. The van der Waals surface area contributed by atoms with Gasteiger partial charge in [-0.2, -0.15) is 0 Å². The molecule has 0 spiro atoms. The molecule has 0 saturated heterocycles. The van der Waals surface area contributed by atoms with Gasteiger partial charge >= 0.3 is 5.97 Å². The molecule has 0 bridgehead atoms. The molecule has 0 aliphatic carbocycles. The van der Waals surface area contributed by atoms with Gasteiger partial charge in [0.15, 0.2) is 0 Å². The van der Waals surface area contributed by atoms with Gasteiger partial charge in [-0.15, -0.1) is 4.73 Å². The van der Waals surface area contributed by atoms with E-state index in [9.17, 15) is 9.59 Å². The summed E-state index contributed by atoms with van der Waals surface area (Å²) in [6.07, 6.45) is 1.19. The second-order valence-electron chi connectivity index (χ2n) is 2.98. The zero-order chi connectivity index (χ0) is 10.8. The van der Waals surface area contributed by atoms with Crippen molar-refractivity contribution in [3.8, 4) is 0 Å². The van der Waals surface area contributed by atoms with Crippen molar-refractivity contribution in [3.05, 3.63) is 40.9 Å². The quantitative estimate of drug-likeness (QED) is 0.673. The molecule has 5 nitrogen and oxygen atoms in total. The summed E-state index contributed by atoms with van der Waals surface area (Å²) < 4.78 is 0.824. The Morgan fingerprint density at radius 3 is 2.87 bits per heavy atom. The number of benzene rings is 1. The van der Waals surface area contributed by atoms with Crippen LogP contribution in [-0.2, 0) is 4.79 Å². The zero-order valence-electron chi connectivity index (χ0n) is 8.01. The number of rotatable bonds is 1. The lowest BCUT2D eigenvalue weighted by atomic mass is 10.2. The van der Waals surface area contributed by atoms with Crippen molar-refractivity contribution in [3.63, 3.8) is 0 Å². The highest BCUT2D eigenvalue weighted by Crippen LogP contribution is 2.03. The predicted octanol–water partition coefficient (Wildman–Crippen LogP) is 0.372. The SMILES string of the molecule is CC(=O)On1cnc2ccccc2c1=O. The molecular weight excluding hydrogens is 196 g/mol. The number of aromatic nitrogens is 2. The van der Waals surface area contributed by atoms with Crippen LogP contribution in [0.1, 0.15) is 6.92 Å². The van der Waals surface area contributed by atoms with Crippen LogP contribution in [-0.4, -0.2) is 15.7 Å². The first-order valence-electron chi connectivity index (χ1n) is 4.34. The minimum absolute atomic E-state index is 0.393. The van der Waals surface area contributed by atoms with Crippen molar-refractivity contribution in [2.75, 3.05) is 0 Å². The fourth-order valence-corrected chi connectivity index (χ4v) is 1.26. The van der Waals surface area contributed by atoms with Crippen molar-refractivity contribution in [2.45, 2.75) is 6.92 Å². The van der Waals surface area contributed by atoms with Crippen molar-refractivity contribution >= 4 is 16.9 Å². The van der Waals surface area contributed by atoms with Gasteiger partial charge in [-0.3, -0.25) is 4.79 Å². The molecule has 0 aliphatic rings. The lowest BCUT2D eigenvalue weighted by Gasteiger charge is -2.03. The fraction of sp³-hybridized carbons (Fsp3) is 0.100. The molecule has 0 unspecified atom stereocenters. The molecule has 5 heteroatoms. The maximum atomic E-state index is 11.7. The van der Waals surface area contributed by atoms with Crippen LogP contribution in [0.15, 0.2) is 35.4 Å². The largest absolute Gasteiger partial charge is 0.332 e. The molecule has 0 saturated carbocycles. The first kappa shape index (κ1) is 9.39. The Kier molecular flexibility index (Phi) is 2.21. The third-order valence-corrected chi connectivity index (χ3v) is 1.86. The molecule has 2 aromatic rings. The van der Waals surface area contributed by atoms with Crippen molar-refractivity contribution in [1.29, 1.82) is 0 Å². The Balaban J connectivity index is 2.65. The number of hydrogen-bond donors (Lipinski definition) is 0. The third kappa shape index (κ3) is 1.71. The van der Waals surface area contributed by atoms with Gasteiger partial charge < -0.3 is 4.84 Å². The summed E-state index contributed by atoms with van der Waals surface area (Å²) in [5, 5.41) is 0.418. The van der Waals surface area contributed by atoms with Gasteiger partial charge in [-0.05, 0) is 12.1 Å². The molecule has 2 rings (SSSR count). The van der Waals surface area contributed by atoms with Crippen LogP contribution in [0, 0.1) is 0 Å². The Bertz CT molecular complexity index is 574. The van der Waals surface area contributed by atoms with Gasteiger partial charge in [0.1, 0.15) is 6.33 Å². The summed E-state index contributed by atoms with van der Waals surface area (Å²) in [5.41, 5.74) is 0.182. The molecule has 0 radical (unpaired) electrons. The molecule has 0 fully saturated rings. The molecule has 76 valence electrons. The highest BCUT2D eigenvalue weighted by molar-refractivity contribution is 5.77. The van der Waals surface area contributed by atoms with E-state index in [-0.39, 0.29) is 0 Å². The molecule has 0 N–H and O–H groups in total. The lowest BCUT2D eigenvalue weighted by molar-refractivity contribution is -0.142. The number of hydrogen-bond acceptors (Lipinski definition) is 4. The Morgan fingerprint density at radius 1 is 1.40 bits per heavy atom. The van der Waals surface area contributed by atoms with E-state index in [1.54, 1.807) is 24.3 Å². The van der Waals surface area contributed by atoms with Crippen LogP contribution in [0.25, 0.3) is 10.9 Å². The second kappa shape index (κ2) is 3.53. The van der Waals surface area contributed by atoms with E-state index >= 15 is 0 Å². The molecule has 1 aromatic heterocycles. The van der Waals surface area contributed by atoms with Gasteiger partial charge in [0, 0.05) is 6.92 Å². The molecule has 0 aliphatic heterocycles. The first-order valence-corrected chi connectivity index (χ1v) is 4.34. The molecule has 1 heterocycles. The van der Waals surface area contributed by atoms with Crippen LogP contribution in [0.3, 0.4) is 0 Å². The summed E-state index contributed by atoms with van der Waals surface area (Å²) in [5.74, 6) is -0.561. The number of carbonyl (C=O) groups excluding carboxylic acids is 1. The molecule has 0 amide bonds. The van der Waals surface area contributed by atoms with Crippen LogP contribution < -0.4 is 10.4 Å². The number of carbonyl (C=O) groups is 1. The number of fused-ring (bicyclic) bond motifs is 1. The highest BCUT2D eigenvalue weighted by atomic mass is 16.7. The maximum Gasteiger partial charge on any atom is 0.330 e. The second-order valence-corrected chi connectivity index (χ2v) is 2.98. The van der Waals surface area contributed by atoms with Crippen LogP contribution in [0.5, 0.6) is 0 Å². The van der Waals surface area contributed by atoms with E-state index < -0.39 is 11.5 Å². The zero-order valence-corrected chi connectivity index (χ0v) is 8.01. The number of nitrogens with zero attached hydrogens (tertiary/aromatic N) is 2. The Hall–Kier alpha value is -2.17. The average Bonchev–Trinajstić information content (AvgIpc) is 2.22. The lowest BCUT2D eigenvalue weighted by Crippen LogP contribution is -2.29. The Labute approximate surface area is 84.9 Å². The van der Waals surface area contributed by atoms with Crippen LogP contribution in [0.2, 0.25) is 0 Å². The minimum atomic E-state index is -0.561. The third-order valence-electron chi connectivity index (χ3n) is 1.86. The van der Waals surface area contributed by atoms with Gasteiger partial charge in [0.05, 0.1) is 10.9 Å². The first-order chi connectivity index (χ1) is 7.18. The standard InChI is InChI=1S/C10H8N2O3/c1-7(13)15-12-6-11-9-5-3-2-4-8(9)10(12)14/h2-6H,1H3. The van der Waals surface area contributed by atoms with E-state index in [1.807, 2.05) is 0 Å². The van der Waals surface area contributed by atoms with Gasteiger partial charge in [0.2, 0.25) is 0 Å². The smallest absolute Gasteiger partial charge is 0.330 e. The molecule has 15 heavy (non-hydrogen) atoms. The van der Waals surface area contributed by atoms with E-state index in [4.69, 9.17) is 0 Å². The Morgan fingerprint density at radius 2 is 2.13 bits per heavy atom. The van der Waals surface area contributed by atoms with Crippen molar-refractivity contribution in [1.82, 2.24) is 9.71 Å². The molecule has 0 atom stereocenters. The van der Waals surface area contributed by atoms with Crippen molar-refractivity contribution in [2.24, 2.45) is 0 Å². The predicted molar refractivity (Wildman–Crippen MR) is 53.3 cm³/mol. The van der Waals surface area contributed by atoms with E-state index in [0.717, 1.165) is 4.73 Å². The number of para-hydroxylation sites is 1. The van der Waals surface area contributed by atoms with Gasteiger partial charge in [-0.25, -0.2) is 9.78 Å². The normalized spacial score (nSPS) is 10.2. The van der Waals surface area contributed by atoms with E-state index in [1.165, 1.54) is 13.3 Å². The van der Waals surface area contributed by atoms with Gasteiger partial charge in [-0.1, -0.05) is 12.1 Å². The molecular formula is C10H8N2O3. The summed E-state index contributed by atoms with van der Waals surface area (Å²) in [7, 11) is 0. The van der Waals surface area contributed by atoms with E-state index in [0.29, 0.717) is 10.9 Å². The molecule has 1 aromatic carbocycles. The summed E-state index contributed by atoms with van der Waals surface area (Å²) >= 11 is 0. The van der Waals surface area contributed by atoms with Gasteiger partial charge in [0.25, 0.3) is 5.56 Å². The van der Waals surface area contributed by atoms with E-state index in [2.05, 4.69) is 9.82 Å². The maximum absolute atomic E-state index is 11.7. The summed E-state index contributed by atoms with van der Waals surface area (Å²) in [6, 6.07) is 6.86. The highest BCUT2D eigenvalue weighted by Gasteiger charge is 2.04. The van der Waals surface area contributed by atoms with Crippen molar-refractivity contribution < 1.29 is 9.63 Å². The topological polar surface area (TPSA) is 61.2 Å². The average molecular weight is 204 g/mol. The summed E-state index contributed by atoms with van der Waals surface area (Å²) in [4.78, 5) is 31.0. The fourth-order valence-electron chi connectivity index (χ4n) is 1.26. The monoisotopic (exact) mass is 204 g/mol. The minimum Gasteiger partial charge on any atom is -0.332 e.